The number of hydrogen-bond donors (Lipinski definition) is 2. The summed E-state index contributed by atoms with van der Waals surface area (Å²) in [6.45, 7) is 4.87. The van der Waals surface area contributed by atoms with Crippen LogP contribution in [0.4, 0.5) is 0 Å². The van der Waals surface area contributed by atoms with E-state index in [0.29, 0.717) is 0 Å². The molecule has 15 heavy (non-hydrogen) atoms. The van der Waals surface area contributed by atoms with Crippen LogP contribution >= 0.6 is 0 Å². The first-order chi connectivity index (χ1) is 7.34. The van der Waals surface area contributed by atoms with Crippen molar-refractivity contribution in [1.82, 2.24) is 15.8 Å². The van der Waals surface area contributed by atoms with Crippen molar-refractivity contribution >= 4 is 0 Å². The predicted molar refractivity (Wildman–Crippen MR) is 58.6 cm³/mol. The van der Waals surface area contributed by atoms with Gasteiger partial charge in [-0.3, -0.25) is 0 Å². The SMILES string of the molecule is Cc1cc(CNCCCNC2CC2)no1. The van der Waals surface area contributed by atoms with Crippen molar-refractivity contribution < 1.29 is 4.52 Å². The summed E-state index contributed by atoms with van der Waals surface area (Å²) in [5, 5.41) is 10.8. The van der Waals surface area contributed by atoms with Crippen LogP contribution in [0.5, 0.6) is 0 Å². The van der Waals surface area contributed by atoms with Crippen LogP contribution in [-0.4, -0.2) is 24.3 Å². The third-order valence-electron chi connectivity index (χ3n) is 2.52. The molecule has 0 radical (unpaired) electrons. The highest BCUT2D eigenvalue weighted by Gasteiger charge is 2.19. The van der Waals surface area contributed by atoms with E-state index in [0.717, 1.165) is 37.1 Å². The molecule has 1 fully saturated rings. The van der Waals surface area contributed by atoms with Gasteiger partial charge in [-0.25, -0.2) is 0 Å². The van der Waals surface area contributed by atoms with Crippen molar-refractivity contribution in [3.63, 3.8) is 0 Å². The maximum atomic E-state index is 4.98. The summed E-state index contributed by atoms with van der Waals surface area (Å²) in [7, 11) is 0. The molecule has 1 aromatic rings. The van der Waals surface area contributed by atoms with Gasteiger partial charge in [0.2, 0.25) is 0 Å². The summed E-state index contributed by atoms with van der Waals surface area (Å²) in [6, 6.07) is 2.79. The zero-order valence-corrected chi connectivity index (χ0v) is 9.25. The van der Waals surface area contributed by atoms with E-state index in [2.05, 4.69) is 15.8 Å². The number of hydrogen-bond acceptors (Lipinski definition) is 4. The van der Waals surface area contributed by atoms with E-state index in [1.807, 2.05) is 13.0 Å². The zero-order valence-electron chi connectivity index (χ0n) is 9.25. The van der Waals surface area contributed by atoms with Crippen LogP contribution in [-0.2, 0) is 6.54 Å². The Labute approximate surface area is 90.4 Å². The van der Waals surface area contributed by atoms with Crippen molar-refractivity contribution in [3.8, 4) is 0 Å². The highest BCUT2D eigenvalue weighted by Crippen LogP contribution is 2.18. The van der Waals surface area contributed by atoms with Gasteiger partial charge in [0.1, 0.15) is 5.76 Å². The Bertz CT molecular complexity index is 294. The van der Waals surface area contributed by atoms with Crippen molar-refractivity contribution in [1.29, 1.82) is 0 Å². The molecule has 84 valence electrons. The molecule has 1 aliphatic rings. The maximum absolute atomic E-state index is 4.98. The van der Waals surface area contributed by atoms with E-state index >= 15 is 0 Å². The van der Waals surface area contributed by atoms with Crippen LogP contribution < -0.4 is 10.6 Å². The number of aromatic nitrogens is 1. The van der Waals surface area contributed by atoms with Gasteiger partial charge in [0, 0.05) is 18.7 Å². The molecule has 0 bridgehead atoms. The Morgan fingerprint density at radius 1 is 1.47 bits per heavy atom. The lowest BCUT2D eigenvalue weighted by Crippen LogP contribution is -2.23. The molecular weight excluding hydrogens is 190 g/mol. The van der Waals surface area contributed by atoms with Crippen LogP contribution in [0.2, 0.25) is 0 Å². The molecule has 4 nitrogen and oxygen atoms in total. The van der Waals surface area contributed by atoms with E-state index in [1.54, 1.807) is 0 Å². The number of aryl methyl sites for hydroxylation is 1. The summed E-state index contributed by atoms with van der Waals surface area (Å²) < 4.78 is 4.98. The highest BCUT2D eigenvalue weighted by atomic mass is 16.5. The molecule has 1 aliphatic carbocycles. The van der Waals surface area contributed by atoms with Crippen LogP contribution in [0.1, 0.15) is 30.7 Å². The summed E-state index contributed by atoms with van der Waals surface area (Å²) in [6.07, 6.45) is 3.91. The monoisotopic (exact) mass is 209 g/mol. The van der Waals surface area contributed by atoms with Crippen molar-refractivity contribution in [2.75, 3.05) is 13.1 Å². The number of nitrogens with zero attached hydrogens (tertiary/aromatic N) is 1. The molecular formula is C11H19N3O. The third kappa shape index (κ3) is 4.01. The first-order valence-corrected chi connectivity index (χ1v) is 5.71. The quantitative estimate of drug-likeness (QED) is 0.663. The summed E-state index contributed by atoms with van der Waals surface area (Å²) in [5.74, 6) is 0.877. The van der Waals surface area contributed by atoms with Gasteiger partial charge in [0.25, 0.3) is 0 Å². The Balaban J connectivity index is 1.47. The molecule has 1 aromatic heterocycles. The topological polar surface area (TPSA) is 50.1 Å². The van der Waals surface area contributed by atoms with Gasteiger partial charge in [-0.15, -0.1) is 0 Å². The van der Waals surface area contributed by atoms with Gasteiger partial charge >= 0.3 is 0 Å². The molecule has 0 saturated heterocycles. The second-order valence-corrected chi connectivity index (χ2v) is 4.19. The van der Waals surface area contributed by atoms with E-state index in [-0.39, 0.29) is 0 Å². The highest BCUT2D eigenvalue weighted by molar-refractivity contribution is 5.02. The Morgan fingerprint density at radius 2 is 2.33 bits per heavy atom. The molecule has 0 amide bonds. The molecule has 0 atom stereocenters. The summed E-state index contributed by atoms with van der Waals surface area (Å²) >= 11 is 0. The van der Waals surface area contributed by atoms with Crippen LogP contribution in [0.25, 0.3) is 0 Å². The molecule has 0 unspecified atom stereocenters. The summed E-state index contributed by atoms with van der Waals surface area (Å²) in [4.78, 5) is 0. The van der Waals surface area contributed by atoms with Gasteiger partial charge in [-0.2, -0.15) is 0 Å². The zero-order chi connectivity index (χ0) is 10.5. The van der Waals surface area contributed by atoms with Gasteiger partial charge in [-0.05, 0) is 39.3 Å². The van der Waals surface area contributed by atoms with Crippen molar-refractivity contribution in [3.05, 3.63) is 17.5 Å². The Morgan fingerprint density at radius 3 is 3.00 bits per heavy atom. The summed E-state index contributed by atoms with van der Waals surface area (Å²) in [5.41, 5.74) is 0.989. The fourth-order valence-electron chi connectivity index (χ4n) is 1.52. The lowest BCUT2D eigenvalue weighted by Gasteiger charge is -2.03. The van der Waals surface area contributed by atoms with Gasteiger partial charge < -0.3 is 15.2 Å². The molecule has 2 rings (SSSR count). The molecule has 1 heterocycles. The fraction of sp³-hybridized carbons (Fsp3) is 0.727. The van der Waals surface area contributed by atoms with Crippen LogP contribution in [0.15, 0.2) is 10.6 Å². The number of rotatable bonds is 7. The van der Waals surface area contributed by atoms with E-state index < -0.39 is 0 Å². The average Bonchev–Trinajstić information content (AvgIpc) is 2.95. The molecule has 0 aliphatic heterocycles. The lowest BCUT2D eigenvalue weighted by molar-refractivity contribution is 0.388. The fourth-order valence-corrected chi connectivity index (χ4v) is 1.52. The van der Waals surface area contributed by atoms with Gasteiger partial charge in [-0.1, -0.05) is 5.16 Å². The van der Waals surface area contributed by atoms with Crippen molar-refractivity contribution in [2.45, 2.75) is 38.8 Å². The van der Waals surface area contributed by atoms with E-state index in [9.17, 15) is 0 Å². The Hall–Kier alpha value is -0.870. The third-order valence-corrected chi connectivity index (χ3v) is 2.52. The molecule has 4 heteroatoms. The minimum absolute atomic E-state index is 0.806. The van der Waals surface area contributed by atoms with Crippen molar-refractivity contribution in [2.24, 2.45) is 0 Å². The smallest absolute Gasteiger partial charge is 0.133 e. The largest absolute Gasteiger partial charge is 0.361 e. The molecule has 2 N–H and O–H groups in total. The van der Waals surface area contributed by atoms with Gasteiger partial charge in [0.15, 0.2) is 0 Å². The maximum Gasteiger partial charge on any atom is 0.133 e. The second-order valence-electron chi connectivity index (χ2n) is 4.19. The van der Waals surface area contributed by atoms with E-state index in [1.165, 1.54) is 19.3 Å². The minimum Gasteiger partial charge on any atom is -0.361 e. The molecule has 0 aromatic carbocycles. The normalized spacial score (nSPS) is 15.8. The first kappa shape index (κ1) is 10.6. The standard InChI is InChI=1S/C11H19N3O/c1-9-7-11(14-15-9)8-12-5-2-6-13-10-3-4-10/h7,10,12-13H,2-6,8H2,1H3. The minimum atomic E-state index is 0.806. The van der Waals surface area contributed by atoms with E-state index in [4.69, 9.17) is 4.52 Å². The average molecular weight is 209 g/mol. The van der Waals surface area contributed by atoms with Crippen LogP contribution in [0, 0.1) is 6.92 Å². The first-order valence-electron chi connectivity index (χ1n) is 5.71. The predicted octanol–water partition coefficient (Wildman–Crippen LogP) is 1.21. The molecule has 0 spiro atoms. The molecule has 1 saturated carbocycles. The number of nitrogens with one attached hydrogen (secondary N) is 2. The van der Waals surface area contributed by atoms with Crippen LogP contribution in [0.3, 0.4) is 0 Å². The Kier molecular flexibility index (Phi) is 3.75. The van der Waals surface area contributed by atoms with Gasteiger partial charge in [0.05, 0.1) is 5.69 Å². The second kappa shape index (κ2) is 5.28. The lowest BCUT2D eigenvalue weighted by atomic mass is 10.3.